The largest absolute Gasteiger partial charge is 0.327 e. The number of rotatable bonds is 14. The second-order valence-electron chi connectivity index (χ2n) is 21.4. The number of nitrogens with zero attached hydrogens (tertiary/aromatic N) is 6. The summed E-state index contributed by atoms with van der Waals surface area (Å²) in [5.41, 5.74) is 10.9. The molecular formula is C54H72BrN9O6S2. The maximum Gasteiger partial charge on any atom is 0.264 e. The average molecular weight is 1090 g/mol. The Morgan fingerprint density at radius 3 is 1.29 bits per heavy atom. The van der Waals surface area contributed by atoms with Crippen LogP contribution >= 0.6 is 15.9 Å². The molecule has 0 aliphatic heterocycles. The van der Waals surface area contributed by atoms with Crippen molar-refractivity contribution >= 4 is 92.6 Å². The Morgan fingerprint density at radius 2 is 0.958 bits per heavy atom. The highest BCUT2D eigenvalue weighted by Crippen LogP contribution is 2.36. The van der Waals surface area contributed by atoms with Crippen LogP contribution in [0, 0.1) is 11.8 Å². The summed E-state index contributed by atoms with van der Waals surface area (Å²) in [6.45, 7) is 14.8. The Labute approximate surface area is 434 Å². The van der Waals surface area contributed by atoms with E-state index in [9.17, 15) is 26.4 Å². The van der Waals surface area contributed by atoms with Gasteiger partial charge in [-0.05, 0) is 122 Å². The molecule has 0 radical (unpaired) electrons. The normalized spacial score (nSPS) is 15.2. The summed E-state index contributed by atoms with van der Waals surface area (Å²) in [6.07, 6.45) is 12.8. The second-order valence-corrected chi connectivity index (χ2v) is 25.9. The molecule has 2 saturated carbocycles. The van der Waals surface area contributed by atoms with Gasteiger partial charge in [0.1, 0.15) is 11.6 Å². The first kappa shape index (κ1) is 54.5. The minimum absolute atomic E-state index is 0.127. The summed E-state index contributed by atoms with van der Waals surface area (Å²) in [7, 11) is -4.49. The molecule has 4 aromatic carbocycles. The lowest BCUT2D eigenvalue weighted by Gasteiger charge is -2.26. The quantitative estimate of drug-likeness (QED) is 0.0890. The predicted octanol–water partition coefficient (Wildman–Crippen LogP) is 10.7. The van der Waals surface area contributed by atoms with Crippen LogP contribution < -0.4 is 25.0 Å². The topological polar surface area (TPSA) is 195 Å². The minimum atomic E-state index is -3.80. The molecule has 72 heavy (non-hydrogen) atoms. The molecule has 15 nitrogen and oxygen atoms in total. The number of fused-ring (bicyclic) bond motifs is 2. The number of carbonyl (C=O) groups excluding carboxylic acids is 2. The number of carbonyl (C=O) groups is 2. The number of nitrogens with one attached hydrogen (secondary N) is 2. The van der Waals surface area contributed by atoms with Gasteiger partial charge in [-0.15, -0.1) is 0 Å². The fourth-order valence-corrected chi connectivity index (χ4v) is 12.3. The van der Waals surface area contributed by atoms with Crippen LogP contribution in [0.15, 0.2) is 94.7 Å². The van der Waals surface area contributed by atoms with Crippen LogP contribution in [0.25, 0.3) is 22.1 Å². The lowest BCUT2D eigenvalue weighted by molar-refractivity contribution is -0.115. The smallest absolute Gasteiger partial charge is 0.264 e. The van der Waals surface area contributed by atoms with Crippen molar-refractivity contribution in [1.82, 2.24) is 19.1 Å². The number of amides is 2. The lowest BCUT2D eigenvalue weighted by Crippen LogP contribution is -2.26. The van der Waals surface area contributed by atoms with Gasteiger partial charge in [0.2, 0.25) is 11.8 Å². The molecule has 2 amide bonds. The Morgan fingerprint density at radius 1 is 0.597 bits per heavy atom. The van der Waals surface area contributed by atoms with Crippen LogP contribution in [0.5, 0.6) is 0 Å². The summed E-state index contributed by atoms with van der Waals surface area (Å²) < 4.78 is 60.7. The molecule has 2 aliphatic carbocycles. The fraction of sp³-hybridized carbons (Fsp3) is 0.481. The summed E-state index contributed by atoms with van der Waals surface area (Å²) in [5.74, 6) is 2.83. The second kappa shape index (κ2) is 22.4. The van der Waals surface area contributed by atoms with E-state index in [2.05, 4.69) is 77.2 Å². The molecule has 0 spiro atoms. The van der Waals surface area contributed by atoms with Gasteiger partial charge in [0.15, 0.2) is 0 Å². The fourth-order valence-electron chi connectivity index (χ4n) is 9.82. The van der Waals surface area contributed by atoms with Gasteiger partial charge in [0, 0.05) is 49.4 Å². The van der Waals surface area contributed by atoms with Crippen molar-refractivity contribution in [3.8, 4) is 0 Å². The molecule has 4 N–H and O–H groups in total. The molecule has 0 bridgehead atoms. The number of anilines is 4. The summed E-state index contributed by atoms with van der Waals surface area (Å²) in [5, 5.41) is 5.48. The summed E-state index contributed by atoms with van der Waals surface area (Å²) in [6, 6.07) is 23.7. The van der Waals surface area contributed by atoms with E-state index >= 15 is 0 Å². The SMILES string of the molecule is CN(c1ccc2c(c1)nc(C(C)(C)C)n2CC1CCCCC1)S(=O)(=O)c1ccc(NC(=O)CBr)cc1.CN(c1ccc2c(c1)nc(C(C)(C)C)n2CC1CCCCC1)S(=O)(=O)c1ccc(NC(=O)CN)cc1. The Bertz CT molecular complexity index is 2880. The number of benzene rings is 4. The summed E-state index contributed by atoms with van der Waals surface area (Å²) >= 11 is 3.10. The van der Waals surface area contributed by atoms with E-state index < -0.39 is 20.0 Å². The molecule has 8 rings (SSSR count). The standard InChI is InChI=1S/C27H35BrN4O3S.C27H37N5O3S/c2*1-27(2,3)26-30-23-16-21(12-15-24(23)32(26)18-19-8-6-5-7-9-19)31(4)36(34,35)22-13-10-20(11-14-22)29-25(33)17-28/h10-16,19H,5-9,17-18H2,1-4H3,(H,29,33);10-16,19H,5-9,17-18,28H2,1-4H3,(H,29,33). The number of imidazole rings is 2. The Balaban J connectivity index is 0.000000211. The van der Waals surface area contributed by atoms with Crippen molar-refractivity contribution in [2.75, 3.05) is 45.2 Å². The van der Waals surface area contributed by atoms with Crippen LogP contribution in [0.4, 0.5) is 22.7 Å². The van der Waals surface area contributed by atoms with Crippen molar-refractivity contribution in [3.05, 3.63) is 96.6 Å². The third-order valence-corrected chi connectivity index (χ3v) is 17.9. The maximum atomic E-state index is 13.4. The van der Waals surface area contributed by atoms with Gasteiger partial charge >= 0.3 is 0 Å². The molecule has 388 valence electrons. The lowest BCUT2D eigenvalue weighted by atomic mass is 9.88. The number of alkyl halides is 1. The van der Waals surface area contributed by atoms with E-state index in [-0.39, 0.29) is 44.3 Å². The monoisotopic (exact) mass is 1090 g/mol. The molecule has 2 aliphatic rings. The van der Waals surface area contributed by atoms with E-state index in [1.807, 2.05) is 36.4 Å². The molecular weight excluding hydrogens is 1010 g/mol. The number of nitrogens with two attached hydrogens (primary N) is 1. The Hall–Kier alpha value is -5.30. The third-order valence-electron chi connectivity index (χ3n) is 13.8. The number of hydrogen-bond acceptors (Lipinski definition) is 9. The number of hydrogen-bond donors (Lipinski definition) is 3. The maximum absolute atomic E-state index is 13.4. The predicted molar refractivity (Wildman–Crippen MR) is 294 cm³/mol. The van der Waals surface area contributed by atoms with E-state index in [4.69, 9.17) is 15.7 Å². The highest BCUT2D eigenvalue weighted by Gasteiger charge is 2.29. The first-order valence-corrected chi connectivity index (χ1v) is 29.1. The van der Waals surface area contributed by atoms with Crippen molar-refractivity contribution in [1.29, 1.82) is 0 Å². The van der Waals surface area contributed by atoms with Crippen molar-refractivity contribution in [3.63, 3.8) is 0 Å². The van der Waals surface area contributed by atoms with Gasteiger partial charge in [-0.1, -0.05) is 96.0 Å². The van der Waals surface area contributed by atoms with Crippen molar-refractivity contribution in [2.24, 2.45) is 17.6 Å². The highest BCUT2D eigenvalue weighted by molar-refractivity contribution is 9.09. The van der Waals surface area contributed by atoms with Crippen molar-refractivity contribution < 1.29 is 26.4 Å². The highest BCUT2D eigenvalue weighted by atomic mass is 79.9. The van der Waals surface area contributed by atoms with Crippen molar-refractivity contribution in [2.45, 2.75) is 139 Å². The first-order chi connectivity index (χ1) is 34.0. The van der Waals surface area contributed by atoms with Gasteiger partial charge in [0.05, 0.1) is 55.1 Å². The van der Waals surface area contributed by atoms with Gasteiger partial charge in [-0.2, -0.15) is 0 Å². The van der Waals surface area contributed by atoms with Gasteiger partial charge in [-0.25, -0.2) is 26.8 Å². The zero-order chi connectivity index (χ0) is 52.2. The van der Waals surface area contributed by atoms with Gasteiger partial charge < -0.3 is 25.5 Å². The molecule has 0 unspecified atom stereocenters. The van der Waals surface area contributed by atoms with Crippen LogP contribution in [0.1, 0.15) is 117 Å². The van der Waals surface area contributed by atoms with Gasteiger partial charge in [-0.3, -0.25) is 18.2 Å². The van der Waals surface area contributed by atoms with E-state index in [0.29, 0.717) is 34.6 Å². The molecule has 2 heterocycles. The molecule has 2 fully saturated rings. The van der Waals surface area contributed by atoms with Gasteiger partial charge in [0.25, 0.3) is 20.0 Å². The zero-order valence-electron chi connectivity index (χ0n) is 43.0. The third kappa shape index (κ3) is 12.5. The number of aromatic nitrogens is 4. The van der Waals surface area contributed by atoms with Crippen LogP contribution in [0.2, 0.25) is 0 Å². The average Bonchev–Trinajstić information content (AvgIpc) is 3.92. The van der Waals surface area contributed by atoms with E-state index in [0.717, 1.165) is 46.8 Å². The molecule has 0 atom stereocenters. The minimum Gasteiger partial charge on any atom is -0.327 e. The first-order valence-electron chi connectivity index (χ1n) is 25.1. The van der Waals surface area contributed by atoms with Crippen LogP contribution in [-0.4, -0.2) is 73.7 Å². The summed E-state index contributed by atoms with van der Waals surface area (Å²) in [4.78, 5) is 33.3. The van der Waals surface area contributed by atoms with E-state index in [1.54, 1.807) is 38.4 Å². The molecule has 6 aromatic rings. The molecule has 2 aromatic heterocycles. The molecule has 18 heteroatoms. The molecule has 0 saturated heterocycles. The number of halogens is 1. The zero-order valence-corrected chi connectivity index (χ0v) is 46.3. The van der Waals surface area contributed by atoms with E-state index in [1.165, 1.54) is 97.1 Å². The van der Waals surface area contributed by atoms with Crippen LogP contribution in [0.3, 0.4) is 0 Å². The Kier molecular flexibility index (Phi) is 17.0. The number of sulfonamides is 2. The van der Waals surface area contributed by atoms with Crippen LogP contribution in [-0.2, 0) is 53.6 Å².